The molecule has 0 aromatic heterocycles. The van der Waals surface area contributed by atoms with E-state index in [1.807, 2.05) is 12.1 Å². The zero-order valence-corrected chi connectivity index (χ0v) is 13.8. The van der Waals surface area contributed by atoms with Gasteiger partial charge in [-0.15, -0.1) is 0 Å². The third-order valence-corrected chi connectivity index (χ3v) is 6.44. The van der Waals surface area contributed by atoms with Crippen molar-refractivity contribution in [3.05, 3.63) is 34.9 Å². The van der Waals surface area contributed by atoms with Crippen molar-refractivity contribution in [2.45, 2.75) is 46.6 Å². The lowest BCUT2D eigenvalue weighted by Gasteiger charge is -2.19. The molecule has 0 amide bonds. The van der Waals surface area contributed by atoms with Crippen LogP contribution in [0.25, 0.3) is 0 Å². The van der Waals surface area contributed by atoms with Gasteiger partial charge in [0.25, 0.3) is 0 Å². The van der Waals surface area contributed by atoms with Gasteiger partial charge in [-0.3, -0.25) is 0 Å². The molecular formula is C18H26ClN. The van der Waals surface area contributed by atoms with E-state index in [0.717, 1.165) is 23.4 Å². The second-order valence-corrected chi connectivity index (χ2v) is 8.21. The fourth-order valence-corrected chi connectivity index (χ4v) is 3.87. The Morgan fingerprint density at radius 3 is 2.10 bits per heavy atom. The van der Waals surface area contributed by atoms with Gasteiger partial charge in [0.15, 0.2) is 0 Å². The molecule has 2 fully saturated rings. The topological polar surface area (TPSA) is 12.0 Å². The molecule has 0 radical (unpaired) electrons. The summed E-state index contributed by atoms with van der Waals surface area (Å²) in [6, 6.07) is 8.90. The van der Waals surface area contributed by atoms with Crippen molar-refractivity contribution in [3.8, 4) is 0 Å². The summed E-state index contributed by atoms with van der Waals surface area (Å²) in [5.41, 5.74) is 2.33. The molecule has 2 heteroatoms. The molecule has 3 rings (SSSR count). The fourth-order valence-electron chi connectivity index (χ4n) is 3.74. The number of nitrogens with one attached hydrogen (secondary N) is 1. The highest BCUT2D eigenvalue weighted by molar-refractivity contribution is 6.30. The lowest BCUT2D eigenvalue weighted by Crippen LogP contribution is -2.26. The van der Waals surface area contributed by atoms with Crippen molar-refractivity contribution in [1.29, 1.82) is 0 Å². The van der Waals surface area contributed by atoms with Crippen molar-refractivity contribution in [1.82, 2.24) is 5.32 Å². The standard InChI is InChI=1S/C18H26ClN/c1-17(2)15(18(17,3)4)11-20-16(12-5-6-12)13-7-9-14(19)10-8-13/h7-10,12,15-16,20H,5-6,11H2,1-4H3. The maximum absolute atomic E-state index is 6.00. The molecule has 2 aliphatic rings. The molecule has 2 aliphatic carbocycles. The summed E-state index contributed by atoms with van der Waals surface area (Å²) in [6.07, 6.45) is 2.72. The van der Waals surface area contributed by atoms with Crippen LogP contribution in [-0.4, -0.2) is 6.54 Å². The van der Waals surface area contributed by atoms with Crippen LogP contribution >= 0.6 is 11.6 Å². The average Bonchev–Trinajstić information content (AvgIpc) is 3.25. The molecule has 0 aliphatic heterocycles. The molecule has 0 saturated heterocycles. The molecular weight excluding hydrogens is 266 g/mol. The second kappa shape index (κ2) is 4.74. The van der Waals surface area contributed by atoms with E-state index in [9.17, 15) is 0 Å². The minimum absolute atomic E-state index is 0.466. The monoisotopic (exact) mass is 291 g/mol. The molecule has 0 bridgehead atoms. The Hall–Kier alpha value is -0.530. The molecule has 1 aromatic carbocycles. The van der Waals surface area contributed by atoms with E-state index in [2.05, 4.69) is 45.1 Å². The summed E-state index contributed by atoms with van der Waals surface area (Å²) in [6.45, 7) is 10.7. The Balaban J connectivity index is 1.66. The van der Waals surface area contributed by atoms with E-state index >= 15 is 0 Å². The van der Waals surface area contributed by atoms with Gasteiger partial charge < -0.3 is 5.32 Å². The summed E-state index contributed by atoms with van der Waals surface area (Å²) in [5, 5.41) is 4.67. The van der Waals surface area contributed by atoms with Crippen molar-refractivity contribution >= 4 is 11.6 Å². The van der Waals surface area contributed by atoms with E-state index in [-0.39, 0.29) is 0 Å². The minimum atomic E-state index is 0.466. The van der Waals surface area contributed by atoms with Crippen molar-refractivity contribution < 1.29 is 0 Å². The van der Waals surface area contributed by atoms with Crippen LogP contribution in [0.5, 0.6) is 0 Å². The Morgan fingerprint density at radius 2 is 1.65 bits per heavy atom. The van der Waals surface area contributed by atoms with Gasteiger partial charge in [-0.25, -0.2) is 0 Å². The van der Waals surface area contributed by atoms with Crippen LogP contribution in [0.3, 0.4) is 0 Å². The van der Waals surface area contributed by atoms with Gasteiger partial charge in [-0.05, 0) is 59.7 Å². The minimum Gasteiger partial charge on any atom is -0.309 e. The zero-order chi connectivity index (χ0) is 14.5. The Labute approximate surface area is 128 Å². The lowest BCUT2D eigenvalue weighted by atomic mass is 10.0. The maximum Gasteiger partial charge on any atom is 0.0406 e. The normalized spacial score (nSPS) is 25.4. The Bertz CT molecular complexity index is 471. The molecule has 110 valence electrons. The quantitative estimate of drug-likeness (QED) is 0.799. The van der Waals surface area contributed by atoms with Crippen LogP contribution in [0.1, 0.15) is 52.1 Å². The first-order valence-corrected chi connectivity index (χ1v) is 8.20. The van der Waals surface area contributed by atoms with Crippen LogP contribution in [0.4, 0.5) is 0 Å². The second-order valence-electron chi connectivity index (χ2n) is 7.77. The molecule has 1 aromatic rings. The summed E-state index contributed by atoms with van der Waals surface area (Å²) < 4.78 is 0. The smallest absolute Gasteiger partial charge is 0.0406 e. The van der Waals surface area contributed by atoms with Crippen LogP contribution in [-0.2, 0) is 0 Å². The average molecular weight is 292 g/mol. The predicted molar refractivity (Wildman–Crippen MR) is 86.0 cm³/mol. The van der Waals surface area contributed by atoms with E-state index in [1.165, 1.54) is 18.4 Å². The molecule has 20 heavy (non-hydrogen) atoms. The van der Waals surface area contributed by atoms with E-state index in [1.54, 1.807) is 0 Å². The van der Waals surface area contributed by atoms with E-state index in [0.29, 0.717) is 16.9 Å². The highest BCUT2D eigenvalue weighted by Crippen LogP contribution is 2.68. The van der Waals surface area contributed by atoms with Crippen LogP contribution in [0.2, 0.25) is 5.02 Å². The van der Waals surface area contributed by atoms with Gasteiger partial charge >= 0.3 is 0 Å². The van der Waals surface area contributed by atoms with Crippen LogP contribution in [0, 0.1) is 22.7 Å². The summed E-state index contributed by atoms with van der Waals surface area (Å²) in [5.74, 6) is 1.60. The van der Waals surface area contributed by atoms with Crippen molar-refractivity contribution in [2.24, 2.45) is 22.7 Å². The number of rotatable bonds is 5. The summed E-state index contributed by atoms with van der Waals surface area (Å²) in [4.78, 5) is 0. The molecule has 0 heterocycles. The number of hydrogen-bond donors (Lipinski definition) is 1. The predicted octanol–water partition coefficient (Wildman–Crippen LogP) is 5.06. The van der Waals surface area contributed by atoms with Gasteiger partial charge in [-0.1, -0.05) is 51.4 Å². The third-order valence-electron chi connectivity index (χ3n) is 6.18. The summed E-state index contributed by atoms with van der Waals surface area (Å²) in [7, 11) is 0. The SMILES string of the molecule is CC1(C)C(CNC(c2ccc(Cl)cc2)C2CC2)C1(C)C. The first kappa shape index (κ1) is 14.4. The molecule has 1 nitrogen and oxygen atoms in total. The van der Waals surface area contributed by atoms with Crippen LogP contribution < -0.4 is 5.32 Å². The fraction of sp³-hybridized carbons (Fsp3) is 0.667. The van der Waals surface area contributed by atoms with Crippen molar-refractivity contribution in [2.75, 3.05) is 6.54 Å². The first-order chi connectivity index (χ1) is 9.34. The van der Waals surface area contributed by atoms with Gasteiger partial charge in [0.05, 0.1) is 0 Å². The van der Waals surface area contributed by atoms with E-state index in [4.69, 9.17) is 11.6 Å². The molecule has 0 spiro atoms. The molecule has 1 N–H and O–H groups in total. The molecule has 1 atom stereocenters. The first-order valence-electron chi connectivity index (χ1n) is 7.83. The number of halogens is 1. The molecule has 2 saturated carbocycles. The van der Waals surface area contributed by atoms with Gasteiger partial charge in [0, 0.05) is 11.1 Å². The Morgan fingerprint density at radius 1 is 1.10 bits per heavy atom. The van der Waals surface area contributed by atoms with E-state index < -0.39 is 0 Å². The highest BCUT2D eigenvalue weighted by atomic mass is 35.5. The highest BCUT2D eigenvalue weighted by Gasteiger charge is 2.64. The van der Waals surface area contributed by atoms with Crippen LogP contribution in [0.15, 0.2) is 24.3 Å². The largest absolute Gasteiger partial charge is 0.309 e. The number of hydrogen-bond acceptors (Lipinski definition) is 1. The van der Waals surface area contributed by atoms with Gasteiger partial charge in [0.2, 0.25) is 0 Å². The number of benzene rings is 1. The maximum atomic E-state index is 6.00. The van der Waals surface area contributed by atoms with Crippen molar-refractivity contribution in [3.63, 3.8) is 0 Å². The molecule has 1 unspecified atom stereocenters. The Kier molecular flexibility index (Phi) is 3.42. The third kappa shape index (κ3) is 2.40. The zero-order valence-electron chi connectivity index (χ0n) is 13.0. The summed E-state index contributed by atoms with van der Waals surface area (Å²) >= 11 is 6.00. The van der Waals surface area contributed by atoms with Gasteiger partial charge in [0.1, 0.15) is 0 Å². The van der Waals surface area contributed by atoms with Gasteiger partial charge in [-0.2, -0.15) is 0 Å². The lowest BCUT2D eigenvalue weighted by molar-refractivity contribution is 0.436.